The molecule has 2 rings (SSSR count). The van der Waals surface area contributed by atoms with Crippen LogP contribution in [-0.4, -0.2) is 14.2 Å². The third kappa shape index (κ3) is 3.19. The molecule has 2 aromatic rings. The van der Waals surface area contributed by atoms with Gasteiger partial charge in [0.2, 0.25) is 9.84 Å². The van der Waals surface area contributed by atoms with Gasteiger partial charge in [0, 0.05) is 0 Å². The van der Waals surface area contributed by atoms with Gasteiger partial charge >= 0.3 is 5.76 Å². The summed E-state index contributed by atoms with van der Waals surface area (Å²) < 4.78 is 54.2. The lowest BCUT2D eigenvalue weighted by Gasteiger charge is -2.13. The van der Waals surface area contributed by atoms with Crippen LogP contribution in [-0.2, 0) is 9.84 Å². The monoisotopic (exact) mass is 348 g/mol. The van der Waals surface area contributed by atoms with E-state index >= 15 is 0 Å². The van der Waals surface area contributed by atoms with E-state index in [9.17, 15) is 22.5 Å². The molecule has 0 saturated carbocycles. The fourth-order valence-corrected chi connectivity index (χ4v) is 3.03. The molecule has 0 aromatic heterocycles. The van der Waals surface area contributed by atoms with E-state index < -0.39 is 20.5 Å². The third-order valence-electron chi connectivity index (χ3n) is 3.22. The van der Waals surface area contributed by atoms with Crippen LogP contribution in [0, 0.1) is 29.6 Å². The van der Waals surface area contributed by atoms with E-state index in [-0.39, 0.29) is 22.6 Å². The van der Waals surface area contributed by atoms with Crippen molar-refractivity contribution in [1.29, 1.82) is 10.5 Å². The van der Waals surface area contributed by atoms with Crippen LogP contribution < -0.4 is 4.74 Å². The maximum Gasteiger partial charge on any atom is 0.341 e. The van der Waals surface area contributed by atoms with Crippen molar-refractivity contribution < 1.29 is 21.9 Å². The Labute approximate surface area is 137 Å². The van der Waals surface area contributed by atoms with E-state index in [1.807, 2.05) is 6.07 Å². The van der Waals surface area contributed by atoms with Crippen LogP contribution in [0.1, 0.15) is 16.7 Å². The highest BCUT2D eigenvalue weighted by atomic mass is 32.2. The van der Waals surface area contributed by atoms with E-state index in [4.69, 9.17) is 10.00 Å². The largest absolute Gasteiger partial charge is 0.456 e. The van der Waals surface area contributed by atoms with E-state index in [1.54, 1.807) is 24.3 Å². The summed E-state index contributed by atoms with van der Waals surface area (Å²) in [6, 6.07) is 11.9. The number of sulfone groups is 1. The molecule has 0 aliphatic heterocycles. The summed E-state index contributed by atoms with van der Waals surface area (Å²) >= 11 is 0. The number of alkyl halides is 2. The molecule has 0 N–H and O–H groups in total. The molecule has 0 fully saturated rings. The Bertz CT molecular complexity index is 974. The summed E-state index contributed by atoms with van der Waals surface area (Å²) in [6.07, 6.45) is 0. The first-order chi connectivity index (χ1) is 11.3. The van der Waals surface area contributed by atoms with Crippen molar-refractivity contribution in [1.82, 2.24) is 0 Å². The predicted octanol–water partition coefficient (Wildman–Crippen LogP) is 3.53. The Hall–Kier alpha value is -2.97. The highest BCUT2D eigenvalue weighted by Crippen LogP contribution is 2.32. The summed E-state index contributed by atoms with van der Waals surface area (Å²) in [6.45, 7) is 1.26. The van der Waals surface area contributed by atoms with Crippen molar-refractivity contribution in [2.24, 2.45) is 0 Å². The van der Waals surface area contributed by atoms with Crippen LogP contribution in [0.3, 0.4) is 0 Å². The molecule has 0 aliphatic carbocycles. The van der Waals surface area contributed by atoms with Crippen LogP contribution in [0.2, 0.25) is 0 Å². The molecule has 5 nitrogen and oxygen atoms in total. The fraction of sp³-hybridized carbons (Fsp3) is 0.125. The average Bonchev–Trinajstić information content (AvgIpc) is 2.55. The van der Waals surface area contributed by atoms with Gasteiger partial charge in [-0.25, -0.2) is 8.42 Å². The Morgan fingerprint density at radius 1 is 1.12 bits per heavy atom. The van der Waals surface area contributed by atoms with Gasteiger partial charge in [-0.2, -0.15) is 19.3 Å². The number of hydrogen-bond donors (Lipinski definition) is 0. The molecule has 0 heterocycles. The van der Waals surface area contributed by atoms with Crippen LogP contribution in [0.25, 0.3) is 0 Å². The molecule has 0 atom stereocenters. The molecule has 0 spiro atoms. The summed E-state index contributed by atoms with van der Waals surface area (Å²) in [7, 11) is -4.82. The van der Waals surface area contributed by atoms with Gasteiger partial charge in [0.15, 0.2) is 0 Å². The van der Waals surface area contributed by atoms with Crippen LogP contribution in [0.4, 0.5) is 8.78 Å². The zero-order valence-electron chi connectivity index (χ0n) is 12.3. The van der Waals surface area contributed by atoms with E-state index in [0.29, 0.717) is 5.56 Å². The van der Waals surface area contributed by atoms with Gasteiger partial charge in [-0.15, -0.1) is 0 Å². The van der Waals surface area contributed by atoms with E-state index in [1.165, 1.54) is 13.0 Å². The second kappa shape index (κ2) is 6.65. The number of benzene rings is 2. The fourth-order valence-electron chi connectivity index (χ4n) is 2.05. The summed E-state index contributed by atoms with van der Waals surface area (Å²) in [4.78, 5) is -0.618. The molecular formula is C16H10F2N2O3S. The van der Waals surface area contributed by atoms with Crippen molar-refractivity contribution in [3.05, 3.63) is 53.1 Å². The third-order valence-corrected chi connectivity index (χ3v) is 4.75. The molecule has 122 valence electrons. The maximum absolute atomic E-state index is 12.7. The molecule has 0 radical (unpaired) electrons. The number of ether oxygens (including phenoxy) is 1. The molecule has 0 bridgehead atoms. The van der Waals surface area contributed by atoms with Gasteiger partial charge in [-0.3, -0.25) is 0 Å². The normalized spacial score (nSPS) is 10.9. The molecule has 2 aromatic carbocycles. The standard InChI is InChI=1S/C16H10F2N2O3S/c1-10-13(9-20)14(5-6-15(10)24(21,22)16(17)18)23-12-4-2-3-11(7-12)8-19/h2-7,16H,1H3. The Balaban J connectivity index is 2.53. The Morgan fingerprint density at radius 2 is 1.83 bits per heavy atom. The lowest BCUT2D eigenvalue weighted by atomic mass is 10.1. The van der Waals surface area contributed by atoms with Crippen LogP contribution in [0.5, 0.6) is 11.5 Å². The smallest absolute Gasteiger partial charge is 0.341 e. The van der Waals surface area contributed by atoms with Crippen molar-refractivity contribution >= 4 is 9.84 Å². The second-order valence-electron chi connectivity index (χ2n) is 4.72. The minimum atomic E-state index is -4.82. The zero-order chi connectivity index (χ0) is 17.9. The quantitative estimate of drug-likeness (QED) is 0.843. The minimum Gasteiger partial charge on any atom is -0.456 e. The molecule has 0 amide bonds. The summed E-state index contributed by atoms with van der Waals surface area (Å²) in [5.74, 6) is -3.31. The highest BCUT2D eigenvalue weighted by Gasteiger charge is 2.30. The van der Waals surface area contributed by atoms with Gasteiger partial charge in [-0.1, -0.05) is 6.07 Å². The Kier molecular flexibility index (Phi) is 4.82. The molecule has 0 saturated heterocycles. The number of halogens is 2. The molecule has 0 unspecified atom stereocenters. The topological polar surface area (TPSA) is 90.9 Å². The van der Waals surface area contributed by atoms with Crippen molar-refractivity contribution in [3.63, 3.8) is 0 Å². The summed E-state index contributed by atoms with van der Waals surface area (Å²) in [5, 5.41) is 18.1. The average molecular weight is 348 g/mol. The first kappa shape index (κ1) is 17.4. The first-order valence-electron chi connectivity index (χ1n) is 6.55. The summed E-state index contributed by atoms with van der Waals surface area (Å²) in [5.41, 5.74) is 0.0467. The molecule has 8 heteroatoms. The second-order valence-corrected chi connectivity index (χ2v) is 6.61. The zero-order valence-corrected chi connectivity index (χ0v) is 13.1. The maximum atomic E-state index is 12.7. The molecule has 24 heavy (non-hydrogen) atoms. The predicted molar refractivity (Wildman–Crippen MR) is 80.3 cm³/mol. The SMILES string of the molecule is Cc1c(S(=O)(=O)C(F)F)ccc(Oc2cccc(C#N)c2)c1C#N. The lowest BCUT2D eigenvalue weighted by Crippen LogP contribution is -2.13. The van der Waals surface area contributed by atoms with Crippen molar-refractivity contribution in [2.75, 3.05) is 0 Å². The number of nitrogens with zero attached hydrogens (tertiary/aromatic N) is 2. The lowest BCUT2D eigenvalue weighted by molar-refractivity contribution is 0.234. The highest BCUT2D eigenvalue weighted by molar-refractivity contribution is 7.91. The van der Waals surface area contributed by atoms with Gasteiger partial charge in [0.25, 0.3) is 0 Å². The minimum absolute atomic E-state index is 0.0123. The molecule has 0 aliphatic rings. The van der Waals surface area contributed by atoms with E-state index in [0.717, 1.165) is 12.1 Å². The van der Waals surface area contributed by atoms with Crippen molar-refractivity contribution in [2.45, 2.75) is 17.6 Å². The number of nitriles is 2. The van der Waals surface area contributed by atoms with Gasteiger partial charge in [0.1, 0.15) is 17.6 Å². The van der Waals surface area contributed by atoms with Crippen molar-refractivity contribution in [3.8, 4) is 23.6 Å². The van der Waals surface area contributed by atoms with Gasteiger partial charge < -0.3 is 4.74 Å². The van der Waals surface area contributed by atoms with Crippen LogP contribution in [0.15, 0.2) is 41.3 Å². The van der Waals surface area contributed by atoms with Crippen LogP contribution >= 0.6 is 0 Å². The van der Waals surface area contributed by atoms with Gasteiger partial charge in [0.05, 0.1) is 22.1 Å². The first-order valence-corrected chi connectivity index (χ1v) is 8.09. The van der Waals surface area contributed by atoms with Gasteiger partial charge in [-0.05, 0) is 42.8 Å². The number of rotatable bonds is 4. The number of hydrogen-bond acceptors (Lipinski definition) is 5. The van der Waals surface area contributed by atoms with E-state index in [2.05, 4.69) is 0 Å². The Morgan fingerprint density at radius 3 is 2.42 bits per heavy atom. The molecular weight excluding hydrogens is 338 g/mol.